The highest BCUT2D eigenvalue weighted by molar-refractivity contribution is 5.56. The van der Waals surface area contributed by atoms with Crippen molar-refractivity contribution >= 4 is 6.08 Å². The van der Waals surface area contributed by atoms with E-state index in [1.165, 1.54) is 19.3 Å². The lowest BCUT2D eigenvalue weighted by molar-refractivity contribution is 0.0475. The zero-order chi connectivity index (χ0) is 14.7. The molecular weight excluding hydrogens is 262 g/mol. The molecule has 1 aliphatic carbocycles. The smallest absolute Gasteiger partial charge is 0.214 e. The highest BCUT2D eigenvalue weighted by Gasteiger charge is 2.29. The molecule has 0 aromatic carbocycles. The first-order valence-electron chi connectivity index (χ1n) is 7.73. The van der Waals surface area contributed by atoms with Gasteiger partial charge in [0.15, 0.2) is 0 Å². The van der Waals surface area contributed by atoms with Crippen molar-refractivity contribution in [1.29, 1.82) is 5.26 Å². The maximum Gasteiger partial charge on any atom is 0.214 e. The summed E-state index contributed by atoms with van der Waals surface area (Å²) in [5.74, 6) is 0.603. The molecule has 0 radical (unpaired) electrons. The summed E-state index contributed by atoms with van der Waals surface area (Å²) in [6, 6.07) is 4.75. The average Bonchev–Trinajstić information content (AvgIpc) is 2.47. The Labute approximate surface area is 126 Å². The number of piperidine rings is 1. The number of likely N-dealkylation sites (tertiary alicyclic amines) is 1. The van der Waals surface area contributed by atoms with Crippen LogP contribution >= 0.6 is 0 Å². The number of ether oxygens (including phenoxy) is 1. The van der Waals surface area contributed by atoms with Gasteiger partial charge in [-0.2, -0.15) is 5.26 Å². The van der Waals surface area contributed by atoms with Crippen molar-refractivity contribution in [1.82, 2.24) is 9.88 Å². The van der Waals surface area contributed by atoms with Crippen LogP contribution in [0.25, 0.3) is 6.08 Å². The van der Waals surface area contributed by atoms with E-state index in [0.29, 0.717) is 11.4 Å². The minimum atomic E-state index is 0.236. The largest absolute Gasteiger partial charge is 0.474 e. The fourth-order valence-electron chi connectivity index (χ4n) is 3.06. The number of nitriles is 1. The summed E-state index contributed by atoms with van der Waals surface area (Å²) in [5.41, 5.74) is 1.33. The normalized spacial score (nSPS) is 20.5. The van der Waals surface area contributed by atoms with Crippen LogP contribution < -0.4 is 4.74 Å². The summed E-state index contributed by atoms with van der Waals surface area (Å²) in [7, 11) is 0. The maximum absolute atomic E-state index is 8.99. The van der Waals surface area contributed by atoms with Gasteiger partial charge < -0.3 is 9.64 Å². The average molecular weight is 283 g/mol. The Morgan fingerprint density at radius 2 is 2.10 bits per heavy atom. The molecule has 110 valence electrons. The van der Waals surface area contributed by atoms with Crippen LogP contribution in [0.3, 0.4) is 0 Å². The Kier molecular flexibility index (Phi) is 4.21. The molecule has 0 bridgehead atoms. The van der Waals surface area contributed by atoms with Crippen LogP contribution in [0.1, 0.15) is 43.2 Å². The third kappa shape index (κ3) is 3.08. The Balaban J connectivity index is 1.57. The predicted octanol–water partition coefficient (Wildman–Crippen LogP) is 2.99. The molecule has 1 saturated carbocycles. The van der Waals surface area contributed by atoms with Crippen LogP contribution in [0.15, 0.2) is 18.8 Å². The topological polar surface area (TPSA) is 49.1 Å². The number of rotatable bonds is 4. The van der Waals surface area contributed by atoms with Gasteiger partial charge in [-0.05, 0) is 31.2 Å². The van der Waals surface area contributed by atoms with Crippen molar-refractivity contribution in [3.8, 4) is 11.9 Å². The number of nitrogens with zero attached hydrogens (tertiary/aromatic N) is 3. The van der Waals surface area contributed by atoms with E-state index in [-0.39, 0.29) is 6.10 Å². The lowest BCUT2D eigenvalue weighted by Gasteiger charge is -2.41. The van der Waals surface area contributed by atoms with Crippen LogP contribution in [-0.4, -0.2) is 35.1 Å². The molecule has 0 N–H and O–H groups in total. The van der Waals surface area contributed by atoms with Gasteiger partial charge in [-0.15, -0.1) is 0 Å². The molecule has 2 fully saturated rings. The first kappa shape index (κ1) is 14.1. The van der Waals surface area contributed by atoms with E-state index in [0.717, 1.165) is 37.5 Å². The van der Waals surface area contributed by atoms with Gasteiger partial charge in [0.05, 0.1) is 5.56 Å². The summed E-state index contributed by atoms with van der Waals surface area (Å²) in [4.78, 5) is 6.83. The molecule has 1 saturated heterocycles. The fraction of sp³-hybridized carbons (Fsp3) is 0.529. The Morgan fingerprint density at radius 3 is 2.67 bits per heavy atom. The fourth-order valence-corrected chi connectivity index (χ4v) is 3.06. The van der Waals surface area contributed by atoms with Crippen molar-refractivity contribution in [2.45, 2.75) is 44.2 Å². The first-order chi connectivity index (χ1) is 10.3. The molecule has 2 heterocycles. The van der Waals surface area contributed by atoms with Gasteiger partial charge in [-0.3, -0.25) is 0 Å². The van der Waals surface area contributed by atoms with Gasteiger partial charge in [0.1, 0.15) is 12.2 Å². The number of aromatic nitrogens is 1. The van der Waals surface area contributed by atoms with E-state index in [4.69, 9.17) is 10.00 Å². The van der Waals surface area contributed by atoms with Crippen molar-refractivity contribution in [3.05, 3.63) is 30.0 Å². The molecule has 1 aromatic rings. The molecule has 4 heteroatoms. The Hall–Kier alpha value is -1.86. The molecule has 0 spiro atoms. The quantitative estimate of drug-likeness (QED) is 0.852. The second-order valence-electron chi connectivity index (χ2n) is 5.86. The SMILES string of the molecule is C=Cc1cc(OC2CCN(C3CCC3)CC2)ncc1C#N. The molecule has 2 aliphatic rings. The summed E-state index contributed by atoms with van der Waals surface area (Å²) < 4.78 is 5.98. The Bertz CT molecular complexity index is 552. The van der Waals surface area contributed by atoms with Crippen LogP contribution in [0.2, 0.25) is 0 Å². The first-order valence-corrected chi connectivity index (χ1v) is 7.73. The van der Waals surface area contributed by atoms with Gasteiger partial charge in [-0.1, -0.05) is 19.1 Å². The Morgan fingerprint density at radius 1 is 1.33 bits per heavy atom. The predicted molar refractivity (Wildman–Crippen MR) is 81.9 cm³/mol. The van der Waals surface area contributed by atoms with E-state index in [9.17, 15) is 0 Å². The van der Waals surface area contributed by atoms with Gasteiger partial charge in [-0.25, -0.2) is 4.98 Å². The van der Waals surface area contributed by atoms with Crippen molar-refractivity contribution in [3.63, 3.8) is 0 Å². The highest BCUT2D eigenvalue weighted by Crippen LogP contribution is 2.28. The molecular formula is C17H21N3O. The number of hydrogen-bond acceptors (Lipinski definition) is 4. The summed E-state index contributed by atoms with van der Waals surface area (Å²) in [6.45, 7) is 5.98. The van der Waals surface area contributed by atoms with Gasteiger partial charge in [0.25, 0.3) is 0 Å². The zero-order valence-electron chi connectivity index (χ0n) is 12.3. The lowest BCUT2D eigenvalue weighted by Crippen LogP contribution is -2.46. The number of pyridine rings is 1. The zero-order valence-corrected chi connectivity index (χ0v) is 12.3. The molecule has 0 unspecified atom stereocenters. The molecule has 3 rings (SSSR count). The van der Waals surface area contributed by atoms with Gasteiger partial charge in [0.2, 0.25) is 5.88 Å². The minimum absolute atomic E-state index is 0.236. The minimum Gasteiger partial charge on any atom is -0.474 e. The monoisotopic (exact) mass is 283 g/mol. The number of hydrogen-bond donors (Lipinski definition) is 0. The van der Waals surface area contributed by atoms with Gasteiger partial charge >= 0.3 is 0 Å². The molecule has 0 atom stereocenters. The molecule has 4 nitrogen and oxygen atoms in total. The third-order valence-corrected chi connectivity index (χ3v) is 4.61. The summed E-state index contributed by atoms with van der Waals surface area (Å²) >= 11 is 0. The van der Waals surface area contributed by atoms with Gasteiger partial charge in [0, 0.05) is 31.4 Å². The second-order valence-corrected chi connectivity index (χ2v) is 5.86. The van der Waals surface area contributed by atoms with E-state index in [1.54, 1.807) is 12.3 Å². The van der Waals surface area contributed by atoms with Crippen LogP contribution in [0.5, 0.6) is 5.88 Å². The van der Waals surface area contributed by atoms with E-state index in [2.05, 4.69) is 22.5 Å². The highest BCUT2D eigenvalue weighted by atomic mass is 16.5. The molecule has 1 aromatic heterocycles. The second kappa shape index (κ2) is 6.28. The van der Waals surface area contributed by atoms with Crippen LogP contribution in [-0.2, 0) is 0 Å². The van der Waals surface area contributed by atoms with Crippen molar-refractivity contribution < 1.29 is 4.74 Å². The molecule has 1 aliphatic heterocycles. The third-order valence-electron chi connectivity index (χ3n) is 4.61. The molecule has 21 heavy (non-hydrogen) atoms. The van der Waals surface area contributed by atoms with Crippen LogP contribution in [0, 0.1) is 11.3 Å². The van der Waals surface area contributed by atoms with E-state index < -0.39 is 0 Å². The maximum atomic E-state index is 8.99. The van der Waals surface area contributed by atoms with E-state index >= 15 is 0 Å². The van der Waals surface area contributed by atoms with Crippen molar-refractivity contribution in [2.24, 2.45) is 0 Å². The lowest BCUT2D eigenvalue weighted by atomic mass is 9.90. The van der Waals surface area contributed by atoms with Crippen molar-refractivity contribution in [2.75, 3.05) is 13.1 Å². The molecule has 0 amide bonds. The summed E-state index contributed by atoms with van der Waals surface area (Å²) in [6.07, 6.45) is 9.71. The van der Waals surface area contributed by atoms with E-state index in [1.807, 2.05) is 6.07 Å². The standard InChI is InChI=1S/C17H21N3O/c1-2-13-10-17(19-12-14(13)11-18)21-16-6-8-20(9-7-16)15-4-3-5-15/h2,10,12,15-16H,1,3-9H2. The summed E-state index contributed by atoms with van der Waals surface area (Å²) in [5, 5.41) is 8.99. The van der Waals surface area contributed by atoms with Crippen LogP contribution in [0.4, 0.5) is 0 Å².